The van der Waals surface area contributed by atoms with Crippen molar-refractivity contribution in [2.24, 2.45) is 0 Å². The Morgan fingerprint density at radius 3 is 2.46 bits per heavy atom. The summed E-state index contributed by atoms with van der Waals surface area (Å²) in [6, 6.07) is 6.79. The van der Waals surface area contributed by atoms with E-state index < -0.39 is 17.8 Å². The Morgan fingerprint density at radius 1 is 1.14 bits per heavy atom. The highest BCUT2D eigenvalue weighted by atomic mass is 32.2. The van der Waals surface area contributed by atoms with E-state index in [0.717, 1.165) is 31.4 Å². The molecule has 1 aromatic carbocycles. The van der Waals surface area contributed by atoms with Gasteiger partial charge in [-0.05, 0) is 43.2 Å². The smallest absolute Gasteiger partial charge is 0.432 e. The summed E-state index contributed by atoms with van der Waals surface area (Å²) in [5.74, 6) is -0.152. The Bertz CT molecular complexity index is 836. The van der Waals surface area contributed by atoms with E-state index in [0.29, 0.717) is 16.8 Å². The van der Waals surface area contributed by atoms with E-state index in [1.807, 2.05) is 0 Å². The third-order valence-electron chi connectivity index (χ3n) is 3.93. The maximum atomic E-state index is 13.0. The summed E-state index contributed by atoms with van der Waals surface area (Å²) in [7, 11) is 0. The molecule has 0 aliphatic carbocycles. The molecular weight excluding hydrogens is 385 g/mol. The zero-order valence-electron chi connectivity index (χ0n) is 15.5. The quantitative estimate of drug-likeness (QED) is 0.614. The van der Waals surface area contributed by atoms with Gasteiger partial charge in [0.1, 0.15) is 11.5 Å². The lowest BCUT2D eigenvalue weighted by Crippen LogP contribution is -2.28. The lowest BCUT2D eigenvalue weighted by Gasteiger charge is -2.05. The molecule has 2 rings (SSSR count). The molecule has 0 saturated heterocycles. The van der Waals surface area contributed by atoms with Gasteiger partial charge in [0.2, 0.25) is 0 Å². The average molecular weight is 407 g/mol. The molecule has 2 N–H and O–H groups in total. The van der Waals surface area contributed by atoms with Crippen LogP contribution in [0.15, 0.2) is 30.3 Å². The molecule has 2 aromatic rings. The first kappa shape index (κ1) is 21.6. The lowest BCUT2D eigenvalue weighted by molar-refractivity contribution is -0.109. The summed E-state index contributed by atoms with van der Waals surface area (Å²) in [6.07, 6.45) is 2.17. The van der Waals surface area contributed by atoms with E-state index in [1.165, 1.54) is 42.1 Å². The molecule has 0 fully saturated rings. The fourth-order valence-corrected chi connectivity index (χ4v) is 3.18. The minimum Gasteiger partial charge on any atom is -0.463 e. The first-order valence-corrected chi connectivity index (χ1v) is 9.88. The van der Waals surface area contributed by atoms with Crippen LogP contribution in [0.5, 0.6) is 0 Å². The van der Waals surface area contributed by atoms with Crippen molar-refractivity contribution < 1.29 is 23.9 Å². The summed E-state index contributed by atoms with van der Waals surface area (Å²) in [4.78, 5) is 34.5. The Kier molecular flexibility index (Phi) is 8.19. The van der Waals surface area contributed by atoms with Crippen molar-refractivity contribution in [2.45, 2.75) is 32.6 Å². The van der Waals surface area contributed by atoms with Crippen LogP contribution in [0, 0.1) is 5.82 Å². The van der Waals surface area contributed by atoms with Gasteiger partial charge in [0, 0.05) is 24.8 Å². The maximum absolute atomic E-state index is 13.0. The van der Waals surface area contributed by atoms with Gasteiger partial charge in [-0.2, -0.15) is 9.78 Å². The number of carboxylic acid groups (broad SMARTS) is 1. The average Bonchev–Trinajstić information content (AvgIpc) is 3.10. The van der Waals surface area contributed by atoms with E-state index in [4.69, 9.17) is 0 Å². The lowest BCUT2D eigenvalue weighted by atomic mass is 10.1. The molecule has 150 valence electrons. The second kappa shape index (κ2) is 10.6. The number of benzene rings is 1. The number of rotatable bonds is 9. The van der Waals surface area contributed by atoms with Crippen LogP contribution in [0.1, 0.15) is 43.1 Å². The molecule has 0 bridgehead atoms. The Hall–Kier alpha value is -2.68. The van der Waals surface area contributed by atoms with Gasteiger partial charge in [-0.1, -0.05) is 24.6 Å². The van der Waals surface area contributed by atoms with Gasteiger partial charge in [0.25, 0.3) is 5.91 Å². The van der Waals surface area contributed by atoms with Crippen LogP contribution in [0.3, 0.4) is 0 Å². The molecule has 0 spiro atoms. The molecule has 0 aliphatic rings. The molecule has 0 aliphatic heterocycles. The largest absolute Gasteiger partial charge is 0.463 e. The maximum Gasteiger partial charge on any atom is 0.432 e. The molecule has 1 amide bonds. The molecule has 0 unspecified atom stereocenters. The van der Waals surface area contributed by atoms with E-state index in [1.54, 1.807) is 6.92 Å². The van der Waals surface area contributed by atoms with Gasteiger partial charge in [-0.3, -0.25) is 9.59 Å². The SMILES string of the molecule is CC(=O)SCCCCCCNC(=O)c1cc(-c2ccc(F)cc2)nn1C(=O)O. The van der Waals surface area contributed by atoms with E-state index in [2.05, 4.69) is 10.4 Å². The number of amides is 1. The first-order valence-electron chi connectivity index (χ1n) is 8.89. The fraction of sp³-hybridized carbons (Fsp3) is 0.368. The van der Waals surface area contributed by atoms with Gasteiger partial charge >= 0.3 is 6.09 Å². The topological polar surface area (TPSA) is 101 Å². The zero-order chi connectivity index (χ0) is 20.5. The van der Waals surface area contributed by atoms with E-state index >= 15 is 0 Å². The predicted octanol–water partition coefficient (Wildman–Crippen LogP) is 3.79. The summed E-state index contributed by atoms with van der Waals surface area (Å²) in [5, 5.41) is 16.0. The molecule has 9 heteroatoms. The van der Waals surface area contributed by atoms with Crippen LogP contribution < -0.4 is 5.32 Å². The predicted molar refractivity (Wildman–Crippen MR) is 105 cm³/mol. The van der Waals surface area contributed by atoms with Gasteiger partial charge in [-0.15, -0.1) is 0 Å². The van der Waals surface area contributed by atoms with Crippen LogP contribution in [0.2, 0.25) is 0 Å². The molecule has 0 atom stereocenters. The Morgan fingerprint density at radius 2 is 1.82 bits per heavy atom. The number of nitrogens with one attached hydrogen (secondary N) is 1. The number of thioether (sulfide) groups is 1. The molecule has 0 saturated carbocycles. The molecule has 28 heavy (non-hydrogen) atoms. The summed E-state index contributed by atoms with van der Waals surface area (Å²) >= 11 is 1.31. The van der Waals surface area contributed by atoms with E-state index in [-0.39, 0.29) is 16.5 Å². The standard InChI is InChI=1S/C19H22FN3O4S/c1-13(24)28-11-5-3-2-4-10-21-18(25)17-12-16(22-23(17)19(26)27)14-6-8-15(20)9-7-14/h6-9,12H,2-5,10-11H2,1H3,(H,21,25)(H,26,27). The summed E-state index contributed by atoms with van der Waals surface area (Å²) < 4.78 is 13.7. The van der Waals surface area contributed by atoms with Crippen LogP contribution in [0.25, 0.3) is 11.3 Å². The Balaban J connectivity index is 1.89. The van der Waals surface area contributed by atoms with Crippen molar-refractivity contribution in [3.63, 3.8) is 0 Å². The van der Waals surface area contributed by atoms with Crippen LogP contribution in [0.4, 0.5) is 9.18 Å². The van der Waals surface area contributed by atoms with Gasteiger partial charge in [-0.25, -0.2) is 9.18 Å². The van der Waals surface area contributed by atoms with Gasteiger partial charge < -0.3 is 10.4 Å². The number of hydrogen-bond acceptors (Lipinski definition) is 5. The number of unbranched alkanes of at least 4 members (excludes halogenated alkanes) is 3. The monoisotopic (exact) mass is 407 g/mol. The second-order valence-electron chi connectivity index (χ2n) is 6.13. The van der Waals surface area contributed by atoms with Crippen molar-refractivity contribution >= 4 is 28.9 Å². The van der Waals surface area contributed by atoms with Crippen molar-refractivity contribution in [3.05, 3.63) is 41.8 Å². The fourth-order valence-electron chi connectivity index (χ4n) is 2.54. The number of carbonyl (C=O) groups is 3. The number of hydrogen-bond donors (Lipinski definition) is 2. The van der Waals surface area contributed by atoms with Crippen molar-refractivity contribution in [3.8, 4) is 11.3 Å². The number of aromatic nitrogens is 2. The van der Waals surface area contributed by atoms with Crippen molar-refractivity contribution in [1.82, 2.24) is 15.1 Å². The van der Waals surface area contributed by atoms with Crippen LogP contribution in [-0.4, -0.2) is 44.3 Å². The van der Waals surface area contributed by atoms with Crippen molar-refractivity contribution in [1.29, 1.82) is 0 Å². The number of nitrogens with zero attached hydrogens (tertiary/aromatic N) is 2. The summed E-state index contributed by atoms with van der Waals surface area (Å²) in [5.41, 5.74) is 0.694. The van der Waals surface area contributed by atoms with Crippen molar-refractivity contribution in [2.75, 3.05) is 12.3 Å². The second-order valence-corrected chi connectivity index (χ2v) is 7.40. The van der Waals surface area contributed by atoms with Crippen LogP contribution in [-0.2, 0) is 4.79 Å². The highest BCUT2D eigenvalue weighted by Crippen LogP contribution is 2.20. The minimum atomic E-state index is -1.37. The zero-order valence-corrected chi connectivity index (χ0v) is 16.3. The molecular formula is C19H22FN3O4S. The third-order valence-corrected chi connectivity index (χ3v) is 4.82. The minimum absolute atomic E-state index is 0.0929. The molecule has 7 nitrogen and oxygen atoms in total. The normalized spacial score (nSPS) is 10.6. The van der Waals surface area contributed by atoms with Crippen LogP contribution >= 0.6 is 11.8 Å². The third kappa shape index (κ3) is 6.49. The number of halogens is 1. The Labute approximate surface area is 166 Å². The highest BCUT2D eigenvalue weighted by Gasteiger charge is 2.20. The van der Waals surface area contributed by atoms with E-state index in [9.17, 15) is 23.9 Å². The molecule has 0 radical (unpaired) electrons. The van der Waals surface area contributed by atoms with Gasteiger partial charge in [0.05, 0.1) is 5.69 Å². The number of carbonyl (C=O) groups excluding carboxylic acids is 2. The molecule has 1 aromatic heterocycles. The first-order chi connectivity index (χ1) is 13.4. The summed E-state index contributed by atoms with van der Waals surface area (Å²) in [6.45, 7) is 1.96. The molecule has 1 heterocycles. The van der Waals surface area contributed by atoms with Gasteiger partial charge in [0.15, 0.2) is 5.12 Å². The highest BCUT2D eigenvalue weighted by molar-refractivity contribution is 8.13.